The van der Waals surface area contributed by atoms with E-state index >= 15 is 0 Å². The number of carbonyl (C=O) groups is 4. The third-order valence-electron chi connectivity index (χ3n) is 4.01. The number of anilines is 1. The summed E-state index contributed by atoms with van der Waals surface area (Å²) in [7, 11) is 0. The summed E-state index contributed by atoms with van der Waals surface area (Å²) in [6.45, 7) is 1.51. The molecule has 0 saturated carbocycles. The zero-order valence-corrected chi connectivity index (χ0v) is 17.1. The molecule has 0 heterocycles. The second kappa shape index (κ2) is 11.6. The second-order valence-corrected chi connectivity index (χ2v) is 6.67. The van der Waals surface area contributed by atoms with Crippen molar-refractivity contribution < 1.29 is 23.9 Å². The summed E-state index contributed by atoms with van der Waals surface area (Å²) in [5.74, 6) is -2.26. The Hall–Kier alpha value is -3.39. The lowest BCUT2D eigenvalue weighted by Gasteiger charge is -2.10. The van der Waals surface area contributed by atoms with E-state index in [2.05, 4.69) is 16.2 Å². The lowest BCUT2D eigenvalue weighted by molar-refractivity contribution is -0.148. The molecule has 0 fully saturated rings. The summed E-state index contributed by atoms with van der Waals surface area (Å²) in [4.78, 5) is 47.3. The Kier molecular flexibility index (Phi) is 8.83. The van der Waals surface area contributed by atoms with Gasteiger partial charge < -0.3 is 10.1 Å². The highest BCUT2D eigenvalue weighted by atomic mass is 35.5. The number of halogens is 1. The van der Waals surface area contributed by atoms with Gasteiger partial charge in [-0.05, 0) is 42.3 Å². The van der Waals surface area contributed by atoms with Gasteiger partial charge in [0.15, 0.2) is 6.61 Å². The molecule has 0 spiro atoms. The van der Waals surface area contributed by atoms with Gasteiger partial charge in [0.1, 0.15) is 0 Å². The van der Waals surface area contributed by atoms with E-state index in [0.717, 1.165) is 12.0 Å². The molecule has 0 atom stereocenters. The van der Waals surface area contributed by atoms with Gasteiger partial charge in [-0.2, -0.15) is 0 Å². The van der Waals surface area contributed by atoms with Crippen molar-refractivity contribution in [3.63, 3.8) is 0 Å². The lowest BCUT2D eigenvalue weighted by Crippen LogP contribution is -2.41. The monoisotopic (exact) mass is 431 g/mol. The summed E-state index contributed by atoms with van der Waals surface area (Å²) < 4.78 is 4.88. The van der Waals surface area contributed by atoms with Gasteiger partial charge in [0, 0.05) is 22.7 Å². The number of hydrogen-bond acceptors (Lipinski definition) is 5. The number of para-hydroxylation sites is 1. The molecule has 0 aliphatic carbocycles. The van der Waals surface area contributed by atoms with E-state index in [4.69, 9.17) is 16.3 Å². The predicted octanol–water partition coefficient (Wildman–Crippen LogP) is 2.63. The van der Waals surface area contributed by atoms with Crippen molar-refractivity contribution >= 4 is 41.0 Å². The number of nitrogens with one attached hydrogen (secondary N) is 3. The minimum atomic E-state index is -0.701. The molecule has 0 aromatic heterocycles. The fourth-order valence-corrected chi connectivity index (χ4v) is 2.56. The van der Waals surface area contributed by atoms with E-state index in [-0.39, 0.29) is 12.8 Å². The Bertz CT molecular complexity index is 915. The normalized spacial score (nSPS) is 10.1. The molecule has 158 valence electrons. The van der Waals surface area contributed by atoms with Gasteiger partial charge in [0.25, 0.3) is 11.8 Å². The molecule has 0 aliphatic heterocycles. The first kappa shape index (κ1) is 22.9. The van der Waals surface area contributed by atoms with Crippen molar-refractivity contribution in [3.05, 3.63) is 64.7 Å². The quantitative estimate of drug-likeness (QED) is 0.439. The largest absolute Gasteiger partial charge is 0.456 e. The van der Waals surface area contributed by atoms with Crippen LogP contribution in [0, 0.1) is 0 Å². The summed E-state index contributed by atoms with van der Waals surface area (Å²) in [6, 6.07) is 13.4. The molecule has 0 radical (unpaired) electrons. The van der Waals surface area contributed by atoms with Crippen molar-refractivity contribution in [2.75, 3.05) is 11.9 Å². The molecule has 0 unspecified atom stereocenters. The highest BCUT2D eigenvalue weighted by Crippen LogP contribution is 2.15. The summed E-state index contributed by atoms with van der Waals surface area (Å²) in [5.41, 5.74) is 6.38. The number of rotatable bonds is 8. The van der Waals surface area contributed by atoms with E-state index in [1.807, 2.05) is 19.1 Å². The van der Waals surface area contributed by atoms with Crippen LogP contribution in [0.15, 0.2) is 48.5 Å². The minimum Gasteiger partial charge on any atom is -0.456 e. The van der Waals surface area contributed by atoms with E-state index in [9.17, 15) is 19.2 Å². The van der Waals surface area contributed by atoms with Crippen LogP contribution in [-0.2, 0) is 25.5 Å². The molecule has 9 heteroatoms. The van der Waals surface area contributed by atoms with Gasteiger partial charge in [-0.1, -0.05) is 36.7 Å². The summed E-state index contributed by atoms with van der Waals surface area (Å²) in [6.07, 6.45) is 0.307. The Labute approximate surface area is 178 Å². The van der Waals surface area contributed by atoms with Crippen LogP contribution in [-0.4, -0.2) is 30.3 Å². The van der Waals surface area contributed by atoms with Crippen molar-refractivity contribution in [3.8, 4) is 0 Å². The molecule has 0 saturated heterocycles. The molecule has 2 rings (SSSR count). The summed E-state index contributed by atoms with van der Waals surface area (Å²) in [5, 5.41) is 3.17. The third kappa shape index (κ3) is 7.56. The SMILES string of the molecule is CCc1ccccc1NC(=O)COC(=O)CCC(=O)NNC(=O)c1ccc(Cl)cc1. The number of amides is 3. The number of esters is 1. The molecular formula is C21H22ClN3O5. The number of ether oxygens (including phenoxy) is 1. The average molecular weight is 432 g/mol. The Morgan fingerprint density at radius 1 is 0.900 bits per heavy atom. The highest BCUT2D eigenvalue weighted by molar-refractivity contribution is 6.30. The first-order valence-corrected chi connectivity index (χ1v) is 9.65. The fraction of sp³-hybridized carbons (Fsp3) is 0.238. The molecule has 3 N–H and O–H groups in total. The van der Waals surface area contributed by atoms with Crippen molar-refractivity contribution in [1.82, 2.24) is 10.9 Å². The van der Waals surface area contributed by atoms with Crippen molar-refractivity contribution in [2.45, 2.75) is 26.2 Å². The topological polar surface area (TPSA) is 114 Å². The molecule has 2 aromatic rings. The van der Waals surface area contributed by atoms with Gasteiger partial charge in [-0.25, -0.2) is 0 Å². The first-order valence-electron chi connectivity index (χ1n) is 9.27. The molecule has 2 aromatic carbocycles. The van der Waals surface area contributed by atoms with Crippen LogP contribution in [0.5, 0.6) is 0 Å². The van der Waals surface area contributed by atoms with E-state index in [1.54, 1.807) is 24.3 Å². The van der Waals surface area contributed by atoms with Crippen molar-refractivity contribution in [1.29, 1.82) is 0 Å². The van der Waals surface area contributed by atoms with Crippen LogP contribution >= 0.6 is 11.6 Å². The molecule has 0 bridgehead atoms. The first-order chi connectivity index (χ1) is 14.4. The minimum absolute atomic E-state index is 0.208. The molecule has 8 nitrogen and oxygen atoms in total. The number of hydrogen-bond donors (Lipinski definition) is 3. The lowest BCUT2D eigenvalue weighted by atomic mass is 10.1. The Morgan fingerprint density at radius 3 is 2.30 bits per heavy atom. The third-order valence-corrected chi connectivity index (χ3v) is 4.27. The van der Waals surface area contributed by atoms with Crippen LogP contribution < -0.4 is 16.2 Å². The van der Waals surface area contributed by atoms with Gasteiger partial charge in [0.2, 0.25) is 5.91 Å². The Balaban J connectivity index is 1.66. The van der Waals surface area contributed by atoms with Gasteiger partial charge >= 0.3 is 5.97 Å². The number of carbonyl (C=O) groups excluding carboxylic acids is 4. The van der Waals surface area contributed by atoms with Crippen LogP contribution in [0.2, 0.25) is 5.02 Å². The number of hydrazine groups is 1. The molecule has 0 aliphatic rings. The van der Waals surface area contributed by atoms with Crippen LogP contribution in [0.1, 0.15) is 35.7 Å². The Morgan fingerprint density at radius 2 is 1.60 bits per heavy atom. The fourth-order valence-electron chi connectivity index (χ4n) is 2.43. The zero-order valence-electron chi connectivity index (χ0n) is 16.4. The molecule has 30 heavy (non-hydrogen) atoms. The predicted molar refractivity (Wildman–Crippen MR) is 112 cm³/mol. The second-order valence-electron chi connectivity index (χ2n) is 6.23. The smallest absolute Gasteiger partial charge is 0.306 e. The summed E-state index contributed by atoms with van der Waals surface area (Å²) >= 11 is 5.74. The number of aryl methyl sites for hydroxylation is 1. The van der Waals surface area contributed by atoms with Gasteiger partial charge in [-0.3, -0.25) is 30.0 Å². The van der Waals surface area contributed by atoms with Gasteiger partial charge in [0.05, 0.1) is 6.42 Å². The molecule has 3 amide bonds. The number of benzene rings is 2. The van der Waals surface area contributed by atoms with E-state index < -0.39 is 30.3 Å². The van der Waals surface area contributed by atoms with Crippen LogP contribution in [0.25, 0.3) is 0 Å². The van der Waals surface area contributed by atoms with Crippen molar-refractivity contribution in [2.24, 2.45) is 0 Å². The van der Waals surface area contributed by atoms with Gasteiger partial charge in [-0.15, -0.1) is 0 Å². The van der Waals surface area contributed by atoms with E-state index in [1.165, 1.54) is 12.1 Å². The van der Waals surface area contributed by atoms with Crippen LogP contribution in [0.4, 0.5) is 5.69 Å². The zero-order chi connectivity index (χ0) is 21.9. The maximum absolute atomic E-state index is 11.9. The average Bonchev–Trinajstić information content (AvgIpc) is 2.75. The maximum Gasteiger partial charge on any atom is 0.306 e. The maximum atomic E-state index is 11.9. The highest BCUT2D eigenvalue weighted by Gasteiger charge is 2.12. The van der Waals surface area contributed by atoms with Crippen LogP contribution in [0.3, 0.4) is 0 Å². The molecular weight excluding hydrogens is 410 g/mol. The van der Waals surface area contributed by atoms with E-state index in [0.29, 0.717) is 16.3 Å². The standard InChI is InChI=1S/C21H22ClN3O5/c1-2-14-5-3-4-6-17(14)23-19(27)13-30-20(28)12-11-18(26)24-25-21(29)15-7-9-16(22)10-8-15/h3-10H,2,11-13H2,1H3,(H,23,27)(H,24,26)(H,25,29).